The summed E-state index contributed by atoms with van der Waals surface area (Å²) < 4.78 is 22.6. The maximum Gasteiger partial charge on any atom is 0.175 e. The highest BCUT2D eigenvalue weighted by Gasteiger charge is 2.11. The lowest BCUT2D eigenvalue weighted by atomic mass is 9.97. The fourth-order valence-electron chi connectivity index (χ4n) is 1.56. The van der Waals surface area contributed by atoms with Gasteiger partial charge in [-0.15, -0.1) is 0 Å². The zero-order valence-corrected chi connectivity index (χ0v) is 10.1. The molecule has 0 aliphatic heterocycles. The van der Waals surface area contributed by atoms with E-state index in [-0.39, 0.29) is 5.92 Å². The molecule has 1 aromatic rings. The van der Waals surface area contributed by atoms with E-state index in [1.807, 2.05) is 19.9 Å². The number of hydrogen-bond acceptors (Lipinski definition) is 3. The number of rotatable bonds is 3. The quantitative estimate of drug-likeness (QED) is 0.850. The van der Waals surface area contributed by atoms with Gasteiger partial charge in [-0.05, 0) is 42.6 Å². The molecule has 4 heteroatoms. The van der Waals surface area contributed by atoms with Gasteiger partial charge in [-0.1, -0.05) is 13.0 Å². The smallest absolute Gasteiger partial charge is 0.175 e. The van der Waals surface area contributed by atoms with Crippen molar-refractivity contribution in [2.75, 3.05) is 12.8 Å². The molecule has 15 heavy (non-hydrogen) atoms. The molecule has 1 rings (SSSR count). The first kappa shape index (κ1) is 12.2. The van der Waals surface area contributed by atoms with Gasteiger partial charge in [0.25, 0.3) is 0 Å². The van der Waals surface area contributed by atoms with Crippen LogP contribution < -0.4 is 5.73 Å². The summed E-state index contributed by atoms with van der Waals surface area (Å²) in [6, 6.07) is 5.20. The molecule has 0 spiro atoms. The Hall–Kier alpha value is -0.870. The minimum absolute atomic E-state index is 0.263. The first-order valence-corrected chi connectivity index (χ1v) is 6.76. The van der Waals surface area contributed by atoms with E-state index in [1.54, 1.807) is 12.1 Å². The molecule has 0 aromatic heterocycles. The van der Waals surface area contributed by atoms with Crippen LogP contribution in [0.15, 0.2) is 23.1 Å². The lowest BCUT2D eigenvalue weighted by molar-refractivity contribution is 0.601. The highest BCUT2D eigenvalue weighted by molar-refractivity contribution is 7.90. The van der Waals surface area contributed by atoms with Crippen LogP contribution in [0, 0.1) is 6.92 Å². The standard InChI is InChI=1S/C11H17NO2S/c1-8-6-10(15(3,13)14)4-5-11(8)9(2)7-12/h4-6,9H,7,12H2,1-3H3. The number of hydrogen-bond donors (Lipinski definition) is 1. The molecular formula is C11H17NO2S. The van der Waals surface area contributed by atoms with Crippen molar-refractivity contribution in [1.82, 2.24) is 0 Å². The number of benzene rings is 1. The van der Waals surface area contributed by atoms with Gasteiger partial charge in [0.05, 0.1) is 4.90 Å². The van der Waals surface area contributed by atoms with Crippen molar-refractivity contribution >= 4 is 9.84 Å². The van der Waals surface area contributed by atoms with Crippen LogP contribution in [0.1, 0.15) is 24.0 Å². The molecule has 1 aromatic carbocycles. The summed E-state index contributed by atoms with van der Waals surface area (Å²) in [5.41, 5.74) is 7.68. The molecule has 1 unspecified atom stereocenters. The molecule has 0 bridgehead atoms. The van der Waals surface area contributed by atoms with Crippen molar-refractivity contribution in [3.8, 4) is 0 Å². The van der Waals surface area contributed by atoms with E-state index < -0.39 is 9.84 Å². The van der Waals surface area contributed by atoms with Gasteiger partial charge >= 0.3 is 0 Å². The largest absolute Gasteiger partial charge is 0.330 e. The highest BCUT2D eigenvalue weighted by Crippen LogP contribution is 2.21. The topological polar surface area (TPSA) is 60.2 Å². The maximum atomic E-state index is 11.3. The minimum Gasteiger partial charge on any atom is -0.330 e. The zero-order chi connectivity index (χ0) is 11.6. The highest BCUT2D eigenvalue weighted by atomic mass is 32.2. The fourth-order valence-corrected chi connectivity index (χ4v) is 2.26. The molecule has 0 aliphatic rings. The van der Waals surface area contributed by atoms with Crippen molar-refractivity contribution in [2.45, 2.75) is 24.7 Å². The predicted molar refractivity (Wildman–Crippen MR) is 61.8 cm³/mol. The van der Waals surface area contributed by atoms with Crippen molar-refractivity contribution in [2.24, 2.45) is 5.73 Å². The number of sulfone groups is 1. The van der Waals surface area contributed by atoms with E-state index in [0.717, 1.165) is 11.1 Å². The van der Waals surface area contributed by atoms with E-state index in [4.69, 9.17) is 5.73 Å². The number of aryl methyl sites for hydroxylation is 1. The third kappa shape index (κ3) is 2.79. The average Bonchev–Trinajstić information content (AvgIpc) is 2.15. The molecule has 0 amide bonds. The lowest BCUT2D eigenvalue weighted by Gasteiger charge is -2.13. The van der Waals surface area contributed by atoms with Gasteiger partial charge in [0, 0.05) is 6.26 Å². The molecule has 0 heterocycles. The van der Waals surface area contributed by atoms with Gasteiger partial charge in [-0.25, -0.2) is 8.42 Å². The molecule has 3 nitrogen and oxygen atoms in total. The SMILES string of the molecule is Cc1cc(S(C)(=O)=O)ccc1C(C)CN. The minimum atomic E-state index is -3.11. The Labute approximate surface area is 91.2 Å². The van der Waals surface area contributed by atoms with Gasteiger partial charge < -0.3 is 5.73 Å². The summed E-state index contributed by atoms with van der Waals surface area (Å²) in [5.74, 6) is 0.263. The molecule has 1 atom stereocenters. The summed E-state index contributed by atoms with van der Waals surface area (Å²) in [6.07, 6.45) is 1.22. The van der Waals surface area contributed by atoms with Crippen molar-refractivity contribution < 1.29 is 8.42 Å². The van der Waals surface area contributed by atoms with Crippen LogP contribution >= 0.6 is 0 Å². The van der Waals surface area contributed by atoms with E-state index in [9.17, 15) is 8.42 Å². The normalized spacial score (nSPS) is 13.9. The summed E-state index contributed by atoms with van der Waals surface area (Å²) in [6.45, 7) is 4.51. The average molecular weight is 227 g/mol. The summed E-state index contributed by atoms with van der Waals surface area (Å²) in [4.78, 5) is 0.368. The molecule has 84 valence electrons. The third-order valence-corrected chi connectivity index (χ3v) is 3.66. The van der Waals surface area contributed by atoms with Crippen LogP contribution in [0.3, 0.4) is 0 Å². The molecule has 2 N–H and O–H groups in total. The van der Waals surface area contributed by atoms with Crippen LogP contribution in [-0.2, 0) is 9.84 Å². The van der Waals surface area contributed by atoms with Crippen LogP contribution in [0.4, 0.5) is 0 Å². The molecule has 0 radical (unpaired) electrons. The second-order valence-corrected chi connectivity index (χ2v) is 5.94. The second-order valence-electron chi connectivity index (χ2n) is 3.93. The second kappa shape index (κ2) is 4.33. The van der Waals surface area contributed by atoms with Gasteiger partial charge in [-0.2, -0.15) is 0 Å². The Balaban J connectivity index is 3.20. The molecule has 0 saturated carbocycles. The molecule has 0 fully saturated rings. The molecule has 0 aliphatic carbocycles. The first-order chi connectivity index (χ1) is 6.86. The van der Waals surface area contributed by atoms with Crippen molar-refractivity contribution in [3.05, 3.63) is 29.3 Å². The van der Waals surface area contributed by atoms with Crippen LogP contribution in [0.2, 0.25) is 0 Å². The molecular weight excluding hydrogens is 210 g/mol. The van der Waals surface area contributed by atoms with E-state index >= 15 is 0 Å². The van der Waals surface area contributed by atoms with Gasteiger partial charge in [0.1, 0.15) is 0 Å². The molecule has 0 saturated heterocycles. The monoisotopic (exact) mass is 227 g/mol. The summed E-state index contributed by atoms with van der Waals surface area (Å²) >= 11 is 0. The van der Waals surface area contributed by atoms with Crippen molar-refractivity contribution in [3.63, 3.8) is 0 Å². The Morgan fingerprint density at radius 2 is 2.00 bits per heavy atom. The van der Waals surface area contributed by atoms with Crippen molar-refractivity contribution in [1.29, 1.82) is 0 Å². The fraction of sp³-hybridized carbons (Fsp3) is 0.455. The predicted octanol–water partition coefficient (Wildman–Crippen LogP) is 1.46. The Morgan fingerprint density at radius 3 is 2.40 bits per heavy atom. The zero-order valence-electron chi connectivity index (χ0n) is 9.32. The summed E-state index contributed by atoms with van der Waals surface area (Å²) in [7, 11) is -3.11. The third-order valence-electron chi connectivity index (χ3n) is 2.55. The van der Waals surface area contributed by atoms with Crippen LogP contribution in [0.25, 0.3) is 0 Å². The van der Waals surface area contributed by atoms with Gasteiger partial charge in [0.2, 0.25) is 0 Å². The first-order valence-electron chi connectivity index (χ1n) is 4.87. The van der Waals surface area contributed by atoms with Gasteiger partial charge in [-0.3, -0.25) is 0 Å². The van der Waals surface area contributed by atoms with E-state index in [1.165, 1.54) is 6.26 Å². The lowest BCUT2D eigenvalue weighted by Crippen LogP contribution is -2.10. The maximum absolute atomic E-state index is 11.3. The Kier molecular flexibility index (Phi) is 3.52. The van der Waals surface area contributed by atoms with E-state index in [0.29, 0.717) is 11.4 Å². The van der Waals surface area contributed by atoms with Crippen LogP contribution in [0.5, 0.6) is 0 Å². The van der Waals surface area contributed by atoms with E-state index in [2.05, 4.69) is 0 Å². The van der Waals surface area contributed by atoms with Gasteiger partial charge in [0.15, 0.2) is 9.84 Å². The Bertz CT molecular complexity index is 452. The van der Waals surface area contributed by atoms with Crippen LogP contribution in [-0.4, -0.2) is 21.2 Å². The summed E-state index contributed by atoms with van der Waals surface area (Å²) in [5, 5.41) is 0. The Morgan fingerprint density at radius 1 is 1.40 bits per heavy atom. The number of nitrogens with two attached hydrogens (primary N) is 1.